The van der Waals surface area contributed by atoms with Crippen LogP contribution in [0.1, 0.15) is 26.3 Å². The Kier molecular flexibility index (Phi) is 4.74. The van der Waals surface area contributed by atoms with Gasteiger partial charge in [-0.3, -0.25) is 0 Å². The van der Waals surface area contributed by atoms with Gasteiger partial charge in [0.25, 0.3) is 0 Å². The summed E-state index contributed by atoms with van der Waals surface area (Å²) in [5.74, 6) is -0.146. The van der Waals surface area contributed by atoms with Crippen LogP contribution < -0.4 is 10.2 Å². The lowest BCUT2D eigenvalue weighted by molar-refractivity contribution is 0.580. The van der Waals surface area contributed by atoms with Crippen molar-refractivity contribution < 1.29 is 4.39 Å². The highest BCUT2D eigenvalue weighted by atomic mass is 19.1. The van der Waals surface area contributed by atoms with E-state index in [4.69, 9.17) is 0 Å². The minimum absolute atomic E-state index is 0.146. The van der Waals surface area contributed by atoms with Crippen LogP contribution in [0, 0.1) is 5.82 Å². The molecule has 0 saturated carbocycles. The molecule has 16 heavy (non-hydrogen) atoms. The van der Waals surface area contributed by atoms with Crippen molar-refractivity contribution in [1.29, 1.82) is 0 Å². The summed E-state index contributed by atoms with van der Waals surface area (Å²) >= 11 is 0. The van der Waals surface area contributed by atoms with Gasteiger partial charge in [0.2, 0.25) is 0 Å². The van der Waals surface area contributed by atoms with E-state index in [2.05, 4.69) is 19.2 Å². The van der Waals surface area contributed by atoms with Crippen LogP contribution in [-0.2, 0) is 6.54 Å². The first-order valence-electron chi connectivity index (χ1n) is 5.78. The first-order valence-corrected chi connectivity index (χ1v) is 5.78. The molecule has 0 aliphatic heterocycles. The highest BCUT2D eigenvalue weighted by molar-refractivity contribution is 5.54. The molecule has 1 rings (SSSR count). The predicted molar refractivity (Wildman–Crippen MR) is 67.3 cm³/mol. The molecule has 0 heterocycles. The topological polar surface area (TPSA) is 15.3 Å². The SMILES string of the molecule is CCN(C)c1c(F)cccc1CNC(C)C. The van der Waals surface area contributed by atoms with Crippen LogP contribution in [0.15, 0.2) is 18.2 Å². The molecule has 0 amide bonds. The van der Waals surface area contributed by atoms with Crippen LogP contribution in [0.4, 0.5) is 10.1 Å². The Bertz CT molecular complexity index is 337. The van der Waals surface area contributed by atoms with Crippen molar-refractivity contribution >= 4 is 5.69 Å². The van der Waals surface area contributed by atoms with Gasteiger partial charge in [-0.1, -0.05) is 26.0 Å². The van der Waals surface area contributed by atoms with Gasteiger partial charge in [-0.2, -0.15) is 0 Å². The molecular formula is C13H21FN2. The summed E-state index contributed by atoms with van der Waals surface area (Å²) in [4.78, 5) is 1.94. The third kappa shape index (κ3) is 3.20. The van der Waals surface area contributed by atoms with Gasteiger partial charge >= 0.3 is 0 Å². The Hall–Kier alpha value is -1.09. The van der Waals surface area contributed by atoms with Crippen LogP contribution in [0.2, 0.25) is 0 Å². The van der Waals surface area contributed by atoms with Gasteiger partial charge in [-0.25, -0.2) is 4.39 Å². The second kappa shape index (κ2) is 5.85. The molecule has 0 spiro atoms. The number of benzene rings is 1. The zero-order chi connectivity index (χ0) is 12.1. The fourth-order valence-corrected chi connectivity index (χ4v) is 1.60. The molecule has 0 aliphatic rings. The molecule has 3 heteroatoms. The highest BCUT2D eigenvalue weighted by Crippen LogP contribution is 2.23. The Morgan fingerprint density at radius 1 is 1.38 bits per heavy atom. The van der Waals surface area contributed by atoms with Crippen LogP contribution in [-0.4, -0.2) is 19.6 Å². The van der Waals surface area contributed by atoms with Gasteiger partial charge in [0.15, 0.2) is 0 Å². The van der Waals surface area contributed by atoms with Crippen molar-refractivity contribution in [3.05, 3.63) is 29.6 Å². The molecule has 1 N–H and O–H groups in total. The van der Waals surface area contributed by atoms with Crippen molar-refractivity contribution in [2.45, 2.75) is 33.4 Å². The number of rotatable bonds is 5. The molecular weight excluding hydrogens is 203 g/mol. The first kappa shape index (κ1) is 13.0. The summed E-state index contributed by atoms with van der Waals surface area (Å²) in [6.07, 6.45) is 0. The van der Waals surface area contributed by atoms with Gasteiger partial charge in [0.1, 0.15) is 5.82 Å². The average molecular weight is 224 g/mol. The van der Waals surface area contributed by atoms with Gasteiger partial charge in [-0.15, -0.1) is 0 Å². The zero-order valence-corrected chi connectivity index (χ0v) is 10.5. The van der Waals surface area contributed by atoms with Crippen LogP contribution in [0.25, 0.3) is 0 Å². The molecule has 0 fully saturated rings. The average Bonchev–Trinajstić information content (AvgIpc) is 2.25. The van der Waals surface area contributed by atoms with E-state index in [-0.39, 0.29) is 5.82 Å². The summed E-state index contributed by atoms with van der Waals surface area (Å²) in [6.45, 7) is 7.70. The van der Waals surface area contributed by atoms with Gasteiger partial charge in [0.05, 0.1) is 5.69 Å². The lowest BCUT2D eigenvalue weighted by atomic mass is 10.1. The number of halogens is 1. The minimum Gasteiger partial charge on any atom is -0.372 e. The number of nitrogens with one attached hydrogen (secondary N) is 1. The monoisotopic (exact) mass is 224 g/mol. The lowest BCUT2D eigenvalue weighted by Crippen LogP contribution is -2.25. The van der Waals surface area contributed by atoms with Crippen LogP contribution in [0.3, 0.4) is 0 Å². The number of hydrogen-bond donors (Lipinski definition) is 1. The van der Waals surface area contributed by atoms with E-state index in [1.165, 1.54) is 6.07 Å². The molecule has 0 saturated heterocycles. The number of nitrogens with zero attached hydrogens (tertiary/aromatic N) is 1. The molecule has 0 unspecified atom stereocenters. The molecule has 0 radical (unpaired) electrons. The zero-order valence-electron chi connectivity index (χ0n) is 10.5. The number of hydrogen-bond acceptors (Lipinski definition) is 2. The molecule has 0 bridgehead atoms. The molecule has 0 aliphatic carbocycles. The maximum absolute atomic E-state index is 13.7. The second-order valence-electron chi connectivity index (χ2n) is 4.30. The van der Waals surface area contributed by atoms with Crippen molar-refractivity contribution in [3.8, 4) is 0 Å². The van der Waals surface area contributed by atoms with E-state index in [1.807, 2.05) is 24.9 Å². The molecule has 0 aromatic heterocycles. The van der Waals surface area contributed by atoms with E-state index < -0.39 is 0 Å². The number of anilines is 1. The molecule has 1 aromatic carbocycles. The Morgan fingerprint density at radius 3 is 2.62 bits per heavy atom. The maximum Gasteiger partial charge on any atom is 0.146 e. The predicted octanol–water partition coefficient (Wildman–Crippen LogP) is 2.78. The van der Waals surface area contributed by atoms with Crippen molar-refractivity contribution in [3.63, 3.8) is 0 Å². The third-order valence-electron chi connectivity index (χ3n) is 2.63. The third-order valence-corrected chi connectivity index (χ3v) is 2.63. The quantitative estimate of drug-likeness (QED) is 0.827. The summed E-state index contributed by atoms with van der Waals surface area (Å²) < 4.78 is 13.7. The van der Waals surface area contributed by atoms with E-state index in [1.54, 1.807) is 6.07 Å². The molecule has 0 atom stereocenters. The van der Waals surface area contributed by atoms with Gasteiger partial charge in [0, 0.05) is 26.2 Å². The smallest absolute Gasteiger partial charge is 0.146 e. The van der Waals surface area contributed by atoms with Gasteiger partial charge in [-0.05, 0) is 18.6 Å². The van der Waals surface area contributed by atoms with E-state index in [9.17, 15) is 4.39 Å². The van der Waals surface area contributed by atoms with Gasteiger partial charge < -0.3 is 10.2 Å². The largest absolute Gasteiger partial charge is 0.372 e. The van der Waals surface area contributed by atoms with Crippen molar-refractivity contribution in [1.82, 2.24) is 5.32 Å². The standard InChI is InChI=1S/C13H21FN2/c1-5-16(4)13-11(9-15-10(2)3)7-6-8-12(13)14/h6-8,10,15H,5,9H2,1-4H3. The summed E-state index contributed by atoms with van der Waals surface area (Å²) in [7, 11) is 1.91. The fourth-order valence-electron chi connectivity index (χ4n) is 1.60. The Labute approximate surface area is 97.5 Å². The minimum atomic E-state index is -0.146. The molecule has 2 nitrogen and oxygen atoms in total. The number of para-hydroxylation sites is 1. The van der Waals surface area contributed by atoms with Crippen LogP contribution >= 0.6 is 0 Å². The first-order chi connectivity index (χ1) is 7.56. The summed E-state index contributed by atoms with van der Waals surface area (Å²) in [6, 6.07) is 5.66. The summed E-state index contributed by atoms with van der Waals surface area (Å²) in [5.41, 5.74) is 1.72. The Balaban J connectivity index is 2.93. The molecule has 90 valence electrons. The van der Waals surface area contributed by atoms with E-state index in [0.29, 0.717) is 18.3 Å². The van der Waals surface area contributed by atoms with Crippen molar-refractivity contribution in [2.24, 2.45) is 0 Å². The Morgan fingerprint density at radius 2 is 2.06 bits per heavy atom. The highest BCUT2D eigenvalue weighted by Gasteiger charge is 2.11. The van der Waals surface area contributed by atoms with E-state index in [0.717, 1.165) is 12.1 Å². The fraction of sp³-hybridized carbons (Fsp3) is 0.538. The maximum atomic E-state index is 13.7. The van der Waals surface area contributed by atoms with Crippen molar-refractivity contribution in [2.75, 3.05) is 18.5 Å². The lowest BCUT2D eigenvalue weighted by Gasteiger charge is -2.22. The van der Waals surface area contributed by atoms with Crippen LogP contribution in [0.5, 0.6) is 0 Å². The molecule has 1 aromatic rings. The normalized spacial score (nSPS) is 10.9. The van der Waals surface area contributed by atoms with E-state index >= 15 is 0 Å². The second-order valence-corrected chi connectivity index (χ2v) is 4.30. The summed E-state index contributed by atoms with van der Waals surface area (Å²) in [5, 5.41) is 3.32.